The number of likely N-dealkylation sites (tertiary alicyclic amines) is 1. The van der Waals surface area contributed by atoms with Crippen LogP contribution < -0.4 is 5.32 Å². The first-order chi connectivity index (χ1) is 9.71. The number of hydrogen-bond donors (Lipinski definition) is 2. The maximum atomic E-state index is 9.05. The van der Waals surface area contributed by atoms with Crippen LogP contribution in [0.4, 0.5) is 0 Å². The predicted octanol–water partition coefficient (Wildman–Crippen LogP) is 3.03. The third-order valence-corrected chi connectivity index (χ3v) is 5.16. The van der Waals surface area contributed by atoms with E-state index >= 15 is 0 Å². The van der Waals surface area contributed by atoms with Crippen LogP contribution in [0.2, 0.25) is 0 Å². The molecule has 0 amide bonds. The van der Waals surface area contributed by atoms with Crippen LogP contribution in [0.5, 0.6) is 0 Å². The number of aliphatic hydroxyl groups excluding tert-OH is 1. The second-order valence-electron chi connectivity index (χ2n) is 6.52. The molecule has 0 saturated carbocycles. The van der Waals surface area contributed by atoms with Crippen LogP contribution in [0.3, 0.4) is 0 Å². The summed E-state index contributed by atoms with van der Waals surface area (Å²) < 4.78 is 0. The zero-order valence-electron chi connectivity index (χ0n) is 14.0. The highest BCUT2D eigenvalue weighted by Gasteiger charge is 2.33. The molecule has 3 nitrogen and oxygen atoms in total. The summed E-state index contributed by atoms with van der Waals surface area (Å²) in [5.41, 5.74) is 0.428. The van der Waals surface area contributed by atoms with Crippen molar-refractivity contribution in [2.24, 2.45) is 5.41 Å². The summed E-state index contributed by atoms with van der Waals surface area (Å²) in [7, 11) is 0. The maximum absolute atomic E-state index is 9.05. The van der Waals surface area contributed by atoms with Gasteiger partial charge in [0.15, 0.2) is 0 Å². The Kier molecular flexibility index (Phi) is 8.74. The third-order valence-electron chi connectivity index (χ3n) is 5.16. The molecule has 0 spiro atoms. The summed E-state index contributed by atoms with van der Waals surface area (Å²) in [6.45, 7) is 12.0. The van der Waals surface area contributed by atoms with E-state index in [-0.39, 0.29) is 0 Å². The molecule has 1 rings (SSSR count). The molecule has 1 fully saturated rings. The second kappa shape index (κ2) is 9.75. The lowest BCUT2D eigenvalue weighted by molar-refractivity contribution is 0.117. The smallest absolute Gasteiger partial charge is 0.0431 e. The third kappa shape index (κ3) is 5.34. The molecule has 1 heterocycles. The second-order valence-corrected chi connectivity index (χ2v) is 6.52. The van der Waals surface area contributed by atoms with Crippen LogP contribution in [0.25, 0.3) is 0 Å². The molecule has 0 radical (unpaired) electrons. The molecular weight excluding hydrogens is 248 g/mol. The quantitative estimate of drug-likeness (QED) is 0.573. The van der Waals surface area contributed by atoms with Crippen molar-refractivity contribution in [2.45, 2.75) is 71.8 Å². The van der Waals surface area contributed by atoms with Crippen LogP contribution >= 0.6 is 0 Å². The van der Waals surface area contributed by atoms with E-state index in [9.17, 15) is 0 Å². The van der Waals surface area contributed by atoms with Gasteiger partial charge in [-0.25, -0.2) is 0 Å². The van der Waals surface area contributed by atoms with Crippen LogP contribution in [0.15, 0.2) is 0 Å². The first-order valence-electron chi connectivity index (χ1n) is 8.77. The number of nitrogens with zero attached hydrogens (tertiary/aromatic N) is 1. The number of aliphatic hydroxyl groups is 1. The molecule has 0 aliphatic carbocycles. The van der Waals surface area contributed by atoms with Gasteiger partial charge in [-0.3, -0.25) is 4.90 Å². The summed E-state index contributed by atoms with van der Waals surface area (Å²) in [6, 6.07) is 0.714. The van der Waals surface area contributed by atoms with Gasteiger partial charge in [0.2, 0.25) is 0 Å². The highest BCUT2D eigenvalue weighted by Crippen LogP contribution is 2.31. The van der Waals surface area contributed by atoms with Crippen LogP contribution in [-0.4, -0.2) is 48.8 Å². The Morgan fingerprint density at radius 3 is 2.60 bits per heavy atom. The topological polar surface area (TPSA) is 35.5 Å². The van der Waals surface area contributed by atoms with Crippen molar-refractivity contribution in [1.82, 2.24) is 10.2 Å². The molecule has 0 aromatic rings. The van der Waals surface area contributed by atoms with Crippen LogP contribution in [0, 0.1) is 5.41 Å². The maximum Gasteiger partial charge on any atom is 0.0431 e. The minimum Gasteiger partial charge on any atom is -0.396 e. The molecule has 2 N–H and O–H groups in total. The normalized spacial score (nSPS) is 20.7. The molecular formula is C17H36N2O. The van der Waals surface area contributed by atoms with Gasteiger partial charge < -0.3 is 10.4 Å². The van der Waals surface area contributed by atoms with Gasteiger partial charge in [0.1, 0.15) is 0 Å². The van der Waals surface area contributed by atoms with E-state index in [1.807, 2.05) is 0 Å². The van der Waals surface area contributed by atoms with Crippen molar-refractivity contribution in [1.29, 1.82) is 0 Å². The van der Waals surface area contributed by atoms with Gasteiger partial charge in [0.05, 0.1) is 0 Å². The Bertz CT molecular complexity index is 241. The molecule has 20 heavy (non-hydrogen) atoms. The monoisotopic (exact) mass is 284 g/mol. The largest absolute Gasteiger partial charge is 0.396 e. The molecule has 120 valence electrons. The molecule has 1 aliphatic rings. The molecule has 1 atom stereocenters. The molecule has 0 bridgehead atoms. The summed E-state index contributed by atoms with van der Waals surface area (Å²) >= 11 is 0. The molecule has 0 aromatic heterocycles. The number of rotatable bonds is 11. The highest BCUT2D eigenvalue weighted by atomic mass is 16.2. The Morgan fingerprint density at radius 1 is 1.25 bits per heavy atom. The number of nitrogens with one attached hydrogen (secondary N) is 1. The van der Waals surface area contributed by atoms with Crippen molar-refractivity contribution >= 4 is 0 Å². The summed E-state index contributed by atoms with van der Waals surface area (Å²) in [6.07, 6.45) is 8.51. The van der Waals surface area contributed by atoms with Crippen molar-refractivity contribution < 1.29 is 5.11 Å². The Balaban J connectivity index is 2.54. The molecule has 1 aliphatic heterocycles. The summed E-state index contributed by atoms with van der Waals surface area (Å²) in [5.74, 6) is 0. The minimum atomic E-state index is 0.342. The van der Waals surface area contributed by atoms with Crippen LogP contribution in [-0.2, 0) is 0 Å². The van der Waals surface area contributed by atoms with E-state index in [0.29, 0.717) is 18.1 Å². The van der Waals surface area contributed by atoms with E-state index in [2.05, 4.69) is 31.0 Å². The zero-order chi connectivity index (χ0) is 14.8. The fourth-order valence-electron chi connectivity index (χ4n) is 3.50. The lowest BCUT2D eigenvalue weighted by atomic mass is 9.81. The van der Waals surface area contributed by atoms with Gasteiger partial charge >= 0.3 is 0 Å². The van der Waals surface area contributed by atoms with Gasteiger partial charge in [-0.2, -0.15) is 0 Å². The lowest BCUT2D eigenvalue weighted by Crippen LogP contribution is -2.45. The van der Waals surface area contributed by atoms with Crippen molar-refractivity contribution in [3.05, 3.63) is 0 Å². The SMILES string of the molecule is CCCNCC(CC)(CC)CN1CCCC1CCCO. The van der Waals surface area contributed by atoms with Gasteiger partial charge in [-0.1, -0.05) is 20.8 Å². The number of hydrogen-bond acceptors (Lipinski definition) is 3. The van der Waals surface area contributed by atoms with E-state index in [1.54, 1.807) is 0 Å². The molecule has 3 heteroatoms. The summed E-state index contributed by atoms with van der Waals surface area (Å²) in [5, 5.41) is 12.7. The van der Waals surface area contributed by atoms with Gasteiger partial charge in [0, 0.05) is 25.7 Å². The Morgan fingerprint density at radius 2 is 2.00 bits per heavy atom. The van der Waals surface area contributed by atoms with Crippen molar-refractivity contribution in [3.8, 4) is 0 Å². The predicted molar refractivity (Wildman–Crippen MR) is 87.1 cm³/mol. The highest BCUT2D eigenvalue weighted by molar-refractivity contribution is 4.88. The van der Waals surface area contributed by atoms with Gasteiger partial charge in [0.25, 0.3) is 0 Å². The fourth-order valence-corrected chi connectivity index (χ4v) is 3.50. The average Bonchev–Trinajstić information content (AvgIpc) is 2.91. The Labute approximate surface area is 126 Å². The van der Waals surface area contributed by atoms with Gasteiger partial charge in [-0.15, -0.1) is 0 Å². The van der Waals surface area contributed by atoms with E-state index in [1.165, 1.54) is 51.6 Å². The average molecular weight is 284 g/mol. The molecule has 0 aromatic carbocycles. The van der Waals surface area contributed by atoms with Crippen molar-refractivity contribution in [3.63, 3.8) is 0 Å². The van der Waals surface area contributed by atoms with Gasteiger partial charge in [-0.05, 0) is 63.5 Å². The fraction of sp³-hybridized carbons (Fsp3) is 1.00. The summed E-state index contributed by atoms with van der Waals surface area (Å²) in [4.78, 5) is 2.70. The standard InChI is InChI=1S/C17H36N2O/c1-4-11-18-14-17(5-2,6-3)15-19-12-7-9-16(19)10-8-13-20/h16,18,20H,4-15H2,1-3H3. The molecule has 1 unspecified atom stereocenters. The minimum absolute atomic E-state index is 0.342. The van der Waals surface area contributed by atoms with E-state index in [4.69, 9.17) is 5.11 Å². The first kappa shape index (κ1) is 17.9. The zero-order valence-corrected chi connectivity index (χ0v) is 14.0. The van der Waals surface area contributed by atoms with Crippen molar-refractivity contribution in [2.75, 3.05) is 32.8 Å². The van der Waals surface area contributed by atoms with Crippen LogP contribution in [0.1, 0.15) is 65.7 Å². The molecule has 1 saturated heterocycles. The van der Waals surface area contributed by atoms with E-state index < -0.39 is 0 Å². The van der Waals surface area contributed by atoms with E-state index in [0.717, 1.165) is 19.5 Å². The Hall–Kier alpha value is -0.120. The lowest BCUT2D eigenvalue weighted by Gasteiger charge is -2.38. The first-order valence-corrected chi connectivity index (χ1v) is 8.77.